The first-order chi connectivity index (χ1) is 18.1. The average Bonchev–Trinajstić information content (AvgIpc) is 3.20. The Bertz CT molecular complexity index is 1380. The molecule has 0 spiro atoms. The van der Waals surface area contributed by atoms with Crippen molar-refractivity contribution in [2.75, 3.05) is 17.2 Å². The van der Waals surface area contributed by atoms with Crippen molar-refractivity contribution in [2.45, 2.75) is 22.1 Å². The largest absolute Gasteiger partial charge is 0.477 e. The van der Waals surface area contributed by atoms with Gasteiger partial charge in [-0.2, -0.15) is 0 Å². The van der Waals surface area contributed by atoms with Crippen LogP contribution >= 0.6 is 58.2 Å². The number of oxime groups is 1. The molecule has 2 aromatic heterocycles. The molecule has 3 amide bonds. The molecule has 0 aromatic carbocycles. The number of halogens is 1. The van der Waals surface area contributed by atoms with Gasteiger partial charge in [0, 0.05) is 33.7 Å². The number of thiazole rings is 1. The molecule has 0 radical (unpaired) electrons. The van der Waals surface area contributed by atoms with Crippen LogP contribution in [0.1, 0.15) is 11.3 Å². The molecule has 18 heteroatoms. The molecule has 4 heterocycles. The Kier molecular flexibility index (Phi) is 8.71. The third-order valence-corrected chi connectivity index (χ3v) is 9.91. The maximum atomic E-state index is 13.0. The molecule has 13 nitrogen and oxygen atoms in total. The van der Waals surface area contributed by atoms with E-state index >= 15 is 0 Å². The van der Waals surface area contributed by atoms with Crippen LogP contribution in [-0.2, 0) is 24.9 Å². The van der Waals surface area contributed by atoms with E-state index in [2.05, 4.69) is 20.4 Å². The fourth-order valence-electron chi connectivity index (χ4n) is 3.56. The average molecular weight is 616 g/mol. The zero-order valence-corrected chi connectivity index (χ0v) is 23.0. The second-order valence-corrected chi connectivity index (χ2v) is 12.5. The van der Waals surface area contributed by atoms with Gasteiger partial charge in [-0.15, -0.1) is 23.5 Å². The molecule has 1 fully saturated rings. The number of carbonyl (C=O) groups is 4. The van der Waals surface area contributed by atoms with Crippen molar-refractivity contribution in [3.8, 4) is 0 Å². The molecule has 1 saturated heterocycles. The predicted octanol–water partition coefficient (Wildman–Crippen LogP) is 1.16. The Labute approximate surface area is 236 Å². The van der Waals surface area contributed by atoms with Gasteiger partial charge in [0.25, 0.3) is 11.8 Å². The van der Waals surface area contributed by atoms with E-state index in [-0.39, 0.29) is 32.4 Å². The van der Waals surface area contributed by atoms with Gasteiger partial charge in [0.05, 0.1) is 5.75 Å². The summed E-state index contributed by atoms with van der Waals surface area (Å²) < 4.78 is 0.0281. The Balaban J connectivity index is 1.52. The molecular formula is C20H18ClN7O6S4. The summed E-state index contributed by atoms with van der Waals surface area (Å²) in [5, 5.41) is 24.1. The molecule has 200 valence electrons. The molecule has 0 aliphatic carbocycles. The molecule has 38 heavy (non-hydrogen) atoms. The van der Waals surface area contributed by atoms with Crippen molar-refractivity contribution in [1.82, 2.24) is 20.2 Å². The van der Waals surface area contributed by atoms with Crippen molar-refractivity contribution in [2.24, 2.45) is 10.9 Å². The highest BCUT2D eigenvalue weighted by Gasteiger charge is 2.54. The number of nitrogens with zero attached hydrogens (tertiary/aromatic N) is 4. The molecule has 2 aliphatic rings. The number of nitrogens with two attached hydrogens (primary N) is 2. The maximum Gasteiger partial charge on any atom is 0.353 e. The van der Waals surface area contributed by atoms with E-state index in [0.717, 1.165) is 26.7 Å². The number of thioether (sulfide) groups is 3. The first-order valence-electron chi connectivity index (χ1n) is 10.4. The molecule has 0 unspecified atom stereocenters. The third kappa shape index (κ3) is 5.70. The number of primary amides is 1. The highest BCUT2D eigenvalue weighted by molar-refractivity contribution is 8.06. The fraction of sp³-hybridized carbons (Fsp3) is 0.250. The van der Waals surface area contributed by atoms with Gasteiger partial charge in [-0.05, 0) is 11.6 Å². The second-order valence-electron chi connectivity index (χ2n) is 7.61. The smallest absolute Gasteiger partial charge is 0.353 e. The fourth-order valence-corrected chi connectivity index (χ4v) is 7.90. The molecular weight excluding hydrogens is 598 g/mol. The summed E-state index contributed by atoms with van der Waals surface area (Å²) in [4.78, 5) is 59.3. The van der Waals surface area contributed by atoms with Crippen LogP contribution in [0.3, 0.4) is 0 Å². The lowest BCUT2D eigenvalue weighted by Crippen LogP contribution is -2.71. The van der Waals surface area contributed by atoms with E-state index in [1.807, 2.05) is 0 Å². The van der Waals surface area contributed by atoms with Crippen molar-refractivity contribution >= 4 is 92.8 Å². The van der Waals surface area contributed by atoms with Gasteiger partial charge in [0.1, 0.15) is 27.1 Å². The Morgan fingerprint density at radius 3 is 2.76 bits per heavy atom. The maximum absolute atomic E-state index is 13.0. The number of aromatic nitrogens is 2. The van der Waals surface area contributed by atoms with Crippen LogP contribution in [0.15, 0.2) is 39.1 Å². The minimum Gasteiger partial charge on any atom is -0.477 e. The Hall–Kier alpha value is -2.99. The quantitative estimate of drug-likeness (QED) is 0.110. The van der Waals surface area contributed by atoms with Crippen molar-refractivity contribution in [3.05, 3.63) is 44.7 Å². The summed E-state index contributed by atoms with van der Waals surface area (Å²) >= 11 is 10.6. The molecule has 4 rings (SSSR count). The number of anilines is 1. The number of carbonyl (C=O) groups excluding carboxylic acids is 3. The zero-order chi connectivity index (χ0) is 27.6. The number of β-lactam (4-membered cyclic amide) rings is 1. The van der Waals surface area contributed by atoms with Gasteiger partial charge in [-0.25, -0.2) is 9.78 Å². The SMILES string of the molecule is NC(=O)CSCc1cnccc1SC1=C(C(=O)O)N2C(=O)[C@@H](NC(=O)/C(=N\O)c3nc(N)sc3Cl)[C@H]2SC1. The van der Waals surface area contributed by atoms with E-state index in [1.165, 1.54) is 35.3 Å². The van der Waals surface area contributed by atoms with Crippen LogP contribution in [0, 0.1) is 0 Å². The number of fused-ring (bicyclic) bond motifs is 1. The van der Waals surface area contributed by atoms with Crippen LogP contribution in [0.2, 0.25) is 4.34 Å². The lowest BCUT2D eigenvalue weighted by atomic mass is 10.0. The van der Waals surface area contributed by atoms with Crippen LogP contribution < -0.4 is 16.8 Å². The molecule has 2 aromatic rings. The Morgan fingerprint density at radius 1 is 1.37 bits per heavy atom. The van der Waals surface area contributed by atoms with E-state index in [4.69, 9.17) is 23.1 Å². The van der Waals surface area contributed by atoms with Crippen molar-refractivity contribution in [1.29, 1.82) is 0 Å². The van der Waals surface area contributed by atoms with Crippen LogP contribution in [0.25, 0.3) is 0 Å². The van der Waals surface area contributed by atoms with E-state index in [1.54, 1.807) is 18.5 Å². The van der Waals surface area contributed by atoms with Crippen LogP contribution in [0.5, 0.6) is 0 Å². The van der Waals surface area contributed by atoms with Gasteiger partial charge < -0.3 is 27.1 Å². The highest BCUT2D eigenvalue weighted by Crippen LogP contribution is 2.46. The first kappa shape index (κ1) is 28.0. The zero-order valence-electron chi connectivity index (χ0n) is 19.0. The summed E-state index contributed by atoms with van der Waals surface area (Å²) in [6, 6.07) is 0.655. The molecule has 2 aliphatic heterocycles. The van der Waals surface area contributed by atoms with Crippen LogP contribution in [-0.4, -0.2) is 77.5 Å². The molecule has 0 saturated carbocycles. The molecule has 2 atom stereocenters. The summed E-state index contributed by atoms with van der Waals surface area (Å²) in [6.45, 7) is 0. The van der Waals surface area contributed by atoms with Crippen molar-refractivity contribution in [3.63, 3.8) is 0 Å². The number of pyridine rings is 1. The number of nitrogens with one attached hydrogen (secondary N) is 1. The van der Waals surface area contributed by atoms with Gasteiger partial charge in [-0.3, -0.25) is 24.3 Å². The summed E-state index contributed by atoms with van der Waals surface area (Å²) in [7, 11) is 0. The minimum absolute atomic E-state index is 0.0281. The monoisotopic (exact) mass is 615 g/mol. The lowest BCUT2D eigenvalue weighted by molar-refractivity contribution is -0.150. The summed E-state index contributed by atoms with van der Waals surface area (Å²) in [6.07, 6.45) is 3.19. The van der Waals surface area contributed by atoms with E-state index in [0.29, 0.717) is 10.7 Å². The predicted molar refractivity (Wildman–Crippen MR) is 145 cm³/mol. The number of aliphatic carboxylic acids is 1. The highest BCUT2D eigenvalue weighted by atomic mass is 35.5. The standard InChI is InChI=1S/C20H18ClN7O6S4/c21-15-11(26-20(23)38-15)12(27-34)16(30)25-13-17(31)28-14(19(32)33)9(5-36-18(13)28)37-8-1-2-24-3-7(8)4-35-6-10(22)29/h1-3,13,18,34H,4-6H2,(H2,22,29)(H2,23,26)(H,25,30)(H,32,33)/b27-12-/t13-,18-/m1/s1. The van der Waals surface area contributed by atoms with Gasteiger partial charge in [0.15, 0.2) is 10.8 Å². The topological polar surface area (TPSA) is 214 Å². The third-order valence-electron chi connectivity index (χ3n) is 5.16. The number of carboxylic acid groups (broad SMARTS) is 1. The van der Waals surface area contributed by atoms with Crippen LogP contribution in [0.4, 0.5) is 5.13 Å². The normalized spacial score (nSPS) is 19.1. The number of carboxylic acids is 1. The van der Waals surface area contributed by atoms with Crippen molar-refractivity contribution < 1.29 is 29.5 Å². The van der Waals surface area contributed by atoms with E-state index < -0.39 is 40.8 Å². The summed E-state index contributed by atoms with van der Waals surface area (Å²) in [5.41, 5.74) is 10.7. The number of hydrogen-bond donors (Lipinski definition) is 5. The number of rotatable bonds is 10. The minimum atomic E-state index is -1.29. The van der Waals surface area contributed by atoms with Gasteiger partial charge in [0.2, 0.25) is 5.91 Å². The van der Waals surface area contributed by atoms with E-state index in [9.17, 15) is 29.5 Å². The number of amides is 3. The second kappa shape index (κ2) is 11.8. The van der Waals surface area contributed by atoms with Gasteiger partial charge in [-0.1, -0.05) is 39.9 Å². The Morgan fingerprint density at radius 2 is 2.13 bits per heavy atom. The van der Waals surface area contributed by atoms with Gasteiger partial charge >= 0.3 is 5.97 Å². The molecule has 7 N–H and O–H groups in total. The first-order valence-corrected chi connectivity index (χ1v) is 14.7. The summed E-state index contributed by atoms with van der Waals surface area (Å²) in [5.74, 6) is -2.50. The lowest BCUT2D eigenvalue weighted by Gasteiger charge is -2.49. The number of nitrogen functional groups attached to an aromatic ring is 1. The number of hydrogen-bond acceptors (Lipinski definition) is 13. The molecule has 0 bridgehead atoms.